The van der Waals surface area contributed by atoms with Crippen LogP contribution in [0.4, 0.5) is 0 Å². The van der Waals surface area contributed by atoms with Gasteiger partial charge in [-0.3, -0.25) is 4.79 Å². The van der Waals surface area contributed by atoms with Crippen LogP contribution in [0.5, 0.6) is 0 Å². The van der Waals surface area contributed by atoms with Crippen molar-refractivity contribution in [2.75, 3.05) is 13.1 Å². The van der Waals surface area contributed by atoms with Crippen LogP contribution in [0.15, 0.2) is 76.4 Å². The van der Waals surface area contributed by atoms with Crippen molar-refractivity contribution in [1.29, 1.82) is 0 Å². The first-order valence-corrected chi connectivity index (χ1v) is 15.1. The fraction of sp³-hybridized carbons (Fsp3) is 0.321. The second kappa shape index (κ2) is 9.44. The number of aliphatic hydroxyl groups is 1. The first-order valence-electron chi connectivity index (χ1n) is 12.6. The maximum atomic E-state index is 13.0. The number of nitrogens with zero attached hydrogens (tertiary/aromatic N) is 4. The molecule has 4 heterocycles. The van der Waals surface area contributed by atoms with E-state index in [9.17, 15) is 18.3 Å². The molecule has 6 rings (SSSR count). The van der Waals surface area contributed by atoms with Crippen molar-refractivity contribution < 1.29 is 18.3 Å². The van der Waals surface area contributed by atoms with E-state index in [2.05, 4.69) is 22.4 Å². The van der Waals surface area contributed by atoms with Gasteiger partial charge in [-0.05, 0) is 60.9 Å². The molecule has 0 aliphatic carbocycles. The van der Waals surface area contributed by atoms with Crippen LogP contribution in [-0.4, -0.2) is 57.7 Å². The Morgan fingerprint density at radius 2 is 1.74 bits per heavy atom. The van der Waals surface area contributed by atoms with Gasteiger partial charge in [-0.2, -0.15) is 0 Å². The molecule has 1 fully saturated rings. The van der Waals surface area contributed by atoms with Gasteiger partial charge in [0.15, 0.2) is 9.84 Å². The van der Waals surface area contributed by atoms with Crippen LogP contribution in [0.2, 0.25) is 0 Å². The SMILES string of the molecule is C[C@H]1C[C@H](n2cc(C3(O)CN(C(=O)c4ccc(CCc5ccccc5)cc4)C3)nn2)c2ccsc2S1(=O)=O. The number of aryl methyl sites for hydroxylation is 2. The van der Waals surface area contributed by atoms with Gasteiger partial charge in [0.05, 0.1) is 30.6 Å². The fourth-order valence-electron chi connectivity index (χ4n) is 5.25. The first kappa shape index (κ1) is 25.0. The second-order valence-electron chi connectivity index (χ2n) is 10.2. The maximum absolute atomic E-state index is 13.0. The Morgan fingerprint density at radius 3 is 2.45 bits per heavy atom. The molecule has 0 radical (unpaired) electrons. The number of benzene rings is 2. The van der Waals surface area contributed by atoms with E-state index in [1.54, 1.807) is 28.1 Å². The lowest BCUT2D eigenvalue weighted by Gasteiger charge is -2.45. The van der Waals surface area contributed by atoms with Crippen molar-refractivity contribution in [2.24, 2.45) is 0 Å². The highest BCUT2D eigenvalue weighted by atomic mass is 32.2. The monoisotopic (exact) mass is 548 g/mol. The second-order valence-corrected chi connectivity index (χ2v) is 13.7. The average molecular weight is 549 g/mol. The van der Waals surface area contributed by atoms with Crippen molar-refractivity contribution in [1.82, 2.24) is 19.9 Å². The minimum atomic E-state index is -3.33. The van der Waals surface area contributed by atoms with Crippen molar-refractivity contribution in [3.63, 3.8) is 0 Å². The maximum Gasteiger partial charge on any atom is 0.254 e. The number of β-amino-alcohol motifs (C(OH)–C–C–N with tert-alkyl or cyclic N) is 1. The van der Waals surface area contributed by atoms with Crippen molar-refractivity contribution in [2.45, 2.75) is 47.3 Å². The summed E-state index contributed by atoms with van der Waals surface area (Å²) < 4.78 is 27.4. The Hall–Kier alpha value is -3.34. The quantitative estimate of drug-likeness (QED) is 0.395. The molecule has 10 heteroatoms. The van der Waals surface area contributed by atoms with Gasteiger partial charge < -0.3 is 10.0 Å². The summed E-state index contributed by atoms with van der Waals surface area (Å²) in [6.45, 7) is 1.96. The van der Waals surface area contributed by atoms with Gasteiger partial charge in [0.25, 0.3) is 5.91 Å². The van der Waals surface area contributed by atoms with E-state index < -0.39 is 20.7 Å². The molecule has 0 bridgehead atoms. The van der Waals surface area contributed by atoms with Gasteiger partial charge >= 0.3 is 0 Å². The van der Waals surface area contributed by atoms with E-state index >= 15 is 0 Å². The van der Waals surface area contributed by atoms with Crippen LogP contribution in [0, 0.1) is 0 Å². The third-order valence-electron chi connectivity index (χ3n) is 7.61. The van der Waals surface area contributed by atoms with E-state index in [0.29, 0.717) is 27.5 Å². The largest absolute Gasteiger partial charge is 0.380 e. The van der Waals surface area contributed by atoms with Gasteiger partial charge in [-0.1, -0.05) is 47.7 Å². The van der Waals surface area contributed by atoms with Gasteiger partial charge in [0.2, 0.25) is 0 Å². The summed E-state index contributed by atoms with van der Waals surface area (Å²) in [6.07, 6.45) is 3.91. The Kier molecular flexibility index (Phi) is 6.20. The number of thiophene rings is 1. The normalized spacial score (nSPS) is 21.5. The molecule has 1 amide bonds. The predicted molar refractivity (Wildman–Crippen MR) is 144 cm³/mol. The minimum absolute atomic E-state index is 0.124. The number of aromatic nitrogens is 3. The lowest BCUT2D eigenvalue weighted by Crippen LogP contribution is -2.61. The van der Waals surface area contributed by atoms with Gasteiger partial charge in [-0.15, -0.1) is 16.4 Å². The van der Waals surface area contributed by atoms with Crippen LogP contribution in [0.3, 0.4) is 0 Å². The first-order chi connectivity index (χ1) is 18.2. The molecule has 2 aliphatic rings. The molecule has 4 aromatic rings. The average Bonchev–Trinajstić information content (AvgIpc) is 3.60. The fourth-order valence-corrected chi connectivity index (χ4v) is 8.46. The van der Waals surface area contributed by atoms with Gasteiger partial charge in [0.1, 0.15) is 15.5 Å². The summed E-state index contributed by atoms with van der Waals surface area (Å²) in [6, 6.07) is 19.5. The molecule has 1 N–H and O–H groups in total. The standard InChI is InChI=1S/C28H28N4O4S2/c1-19-15-24(23-13-14-37-27(23)38(19,35)36)32-16-25(29-30-32)28(34)17-31(18-28)26(33)22-11-9-21(10-12-22)8-7-20-5-3-2-4-6-20/h2-6,9-14,16,19,24,34H,7-8,15,17-18H2,1H3/t19-,24-/m0/s1. The summed E-state index contributed by atoms with van der Waals surface area (Å²) in [7, 11) is -3.33. The van der Waals surface area contributed by atoms with E-state index in [1.165, 1.54) is 22.5 Å². The molecule has 8 nitrogen and oxygen atoms in total. The van der Waals surface area contributed by atoms with E-state index in [4.69, 9.17) is 0 Å². The zero-order valence-corrected chi connectivity index (χ0v) is 22.5. The lowest BCUT2D eigenvalue weighted by atomic mass is 9.90. The number of hydrogen-bond acceptors (Lipinski definition) is 7. The van der Waals surface area contributed by atoms with Crippen molar-refractivity contribution in [3.05, 3.63) is 100 Å². The van der Waals surface area contributed by atoms with Gasteiger partial charge in [-0.25, -0.2) is 13.1 Å². The molecule has 0 spiro atoms. The van der Waals surface area contributed by atoms with Crippen LogP contribution in [-0.2, 0) is 28.3 Å². The molecule has 0 saturated carbocycles. The summed E-state index contributed by atoms with van der Waals surface area (Å²) in [5.74, 6) is -0.133. The number of sulfone groups is 1. The van der Waals surface area contributed by atoms with Crippen LogP contribution in [0.1, 0.15) is 52.1 Å². The zero-order chi connectivity index (χ0) is 26.5. The molecule has 196 valence electrons. The molecule has 1 saturated heterocycles. The number of carbonyl (C=O) groups is 1. The Morgan fingerprint density at radius 1 is 1.05 bits per heavy atom. The topological polar surface area (TPSA) is 105 Å². The number of fused-ring (bicyclic) bond motifs is 1. The molecule has 2 atom stereocenters. The molecule has 0 unspecified atom stereocenters. The highest BCUT2D eigenvalue weighted by molar-refractivity contribution is 7.94. The molecule has 2 aromatic heterocycles. The van der Waals surface area contributed by atoms with Gasteiger partial charge in [0, 0.05) is 11.1 Å². The Bertz CT molecular complexity index is 1570. The highest BCUT2D eigenvalue weighted by Gasteiger charge is 2.48. The molecular formula is C28H28N4O4S2. The summed E-state index contributed by atoms with van der Waals surface area (Å²) in [4.78, 5) is 14.6. The molecule has 2 aromatic carbocycles. The summed E-state index contributed by atoms with van der Waals surface area (Å²) in [5, 5.41) is 20.9. The number of hydrogen-bond donors (Lipinski definition) is 1. The van der Waals surface area contributed by atoms with Crippen LogP contribution < -0.4 is 0 Å². The number of amides is 1. The smallest absolute Gasteiger partial charge is 0.254 e. The number of rotatable bonds is 6. The Labute approximate surface area is 225 Å². The zero-order valence-electron chi connectivity index (χ0n) is 20.9. The van der Waals surface area contributed by atoms with Crippen LogP contribution in [0.25, 0.3) is 0 Å². The molecule has 38 heavy (non-hydrogen) atoms. The van der Waals surface area contributed by atoms with E-state index in [1.807, 2.05) is 48.5 Å². The van der Waals surface area contributed by atoms with Crippen molar-refractivity contribution in [3.8, 4) is 0 Å². The van der Waals surface area contributed by atoms with E-state index in [-0.39, 0.29) is 25.0 Å². The minimum Gasteiger partial charge on any atom is -0.380 e. The van der Waals surface area contributed by atoms with E-state index in [0.717, 1.165) is 12.8 Å². The predicted octanol–water partition coefficient (Wildman–Crippen LogP) is 3.62. The highest BCUT2D eigenvalue weighted by Crippen LogP contribution is 2.42. The number of likely N-dealkylation sites (tertiary alicyclic amines) is 1. The Balaban J connectivity index is 1.10. The lowest BCUT2D eigenvalue weighted by molar-refractivity contribution is -0.0893. The summed E-state index contributed by atoms with van der Waals surface area (Å²) in [5.41, 5.74) is 2.85. The third-order valence-corrected chi connectivity index (χ3v) is 11.3. The third kappa shape index (κ3) is 4.36. The molecular weight excluding hydrogens is 520 g/mol. The molecule has 2 aliphatic heterocycles. The van der Waals surface area contributed by atoms with Crippen molar-refractivity contribution >= 4 is 27.1 Å². The van der Waals surface area contributed by atoms with Crippen LogP contribution >= 0.6 is 11.3 Å². The number of carbonyl (C=O) groups excluding carboxylic acids is 1. The summed E-state index contributed by atoms with van der Waals surface area (Å²) >= 11 is 1.22.